The molecule has 1 amide bonds. The zero-order chi connectivity index (χ0) is 12.1. The summed E-state index contributed by atoms with van der Waals surface area (Å²) in [5, 5.41) is 11.8. The number of likely N-dealkylation sites (N-methyl/N-ethyl adjacent to an activating group) is 1. The number of carbonyl (C=O) groups is 1. The minimum atomic E-state index is -0.0970. The largest absolute Gasteiger partial charge is 0.360 e. The summed E-state index contributed by atoms with van der Waals surface area (Å²) < 4.78 is 0. The van der Waals surface area contributed by atoms with Gasteiger partial charge < -0.3 is 10.2 Å². The van der Waals surface area contributed by atoms with E-state index in [4.69, 9.17) is 16.9 Å². The topological polar surface area (TPSA) is 69.0 Å². The molecule has 16 heavy (non-hydrogen) atoms. The second-order valence-corrected chi connectivity index (χ2v) is 3.65. The van der Waals surface area contributed by atoms with Crippen LogP contribution in [0.5, 0.6) is 0 Å². The molecule has 0 aliphatic rings. The maximum atomic E-state index is 11.3. The molecule has 0 fully saturated rings. The van der Waals surface area contributed by atoms with Crippen molar-refractivity contribution in [2.24, 2.45) is 0 Å². The highest BCUT2D eigenvalue weighted by atomic mass is 35.5. The van der Waals surface area contributed by atoms with E-state index in [1.807, 2.05) is 6.07 Å². The zero-order valence-electron chi connectivity index (χ0n) is 8.99. The second-order valence-electron chi connectivity index (χ2n) is 3.27. The third-order valence-corrected chi connectivity index (χ3v) is 2.30. The summed E-state index contributed by atoms with van der Waals surface area (Å²) in [7, 11) is 3.31. The van der Waals surface area contributed by atoms with Crippen molar-refractivity contribution in [1.29, 1.82) is 5.26 Å². The maximum Gasteiger partial charge on any atom is 0.241 e. The fourth-order valence-electron chi connectivity index (χ4n) is 0.971. The molecule has 0 aromatic carbocycles. The van der Waals surface area contributed by atoms with Crippen molar-refractivity contribution >= 4 is 23.3 Å². The normalized spacial score (nSPS) is 9.38. The van der Waals surface area contributed by atoms with Gasteiger partial charge in [0.1, 0.15) is 16.9 Å². The van der Waals surface area contributed by atoms with E-state index in [1.165, 1.54) is 17.2 Å². The van der Waals surface area contributed by atoms with Gasteiger partial charge in [0, 0.05) is 20.3 Å². The van der Waals surface area contributed by atoms with E-state index < -0.39 is 0 Å². The summed E-state index contributed by atoms with van der Waals surface area (Å²) in [6.07, 6.45) is 1.47. The molecule has 6 heteroatoms. The van der Waals surface area contributed by atoms with Gasteiger partial charge in [0.25, 0.3) is 0 Å². The molecular formula is C10H11ClN4O. The maximum absolute atomic E-state index is 11.3. The van der Waals surface area contributed by atoms with Gasteiger partial charge in [-0.15, -0.1) is 0 Å². The van der Waals surface area contributed by atoms with Gasteiger partial charge in [0.15, 0.2) is 0 Å². The van der Waals surface area contributed by atoms with Crippen molar-refractivity contribution in [3.05, 3.63) is 22.8 Å². The van der Waals surface area contributed by atoms with Gasteiger partial charge in [-0.3, -0.25) is 4.79 Å². The number of aromatic nitrogens is 1. The predicted molar refractivity (Wildman–Crippen MR) is 61.1 cm³/mol. The van der Waals surface area contributed by atoms with Crippen molar-refractivity contribution in [3.8, 4) is 6.07 Å². The fourth-order valence-corrected chi connectivity index (χ4v) is 1.19. The molecule has 1 aromatic heterocycles. The summed E-state index contributed by atoms with van der Waals surface area (Å²) in [6.45, 7) is 0.0919. The van der Waals surface area contributed by atoms with E-state index in [0.29, 0.717) is 11.4 Å². The van der Waals surface area contributed by atoms with Crippen molar-refractivity contribution < 1.29 is 4.79 Å². The van der Waals surface area contributed by atoms with Gasteiger partial charge in [-0.25, -0.2) is 4.98 Å². The second kappa shape index (κ2) is 5.33. The van der Waals surface area contributed by atoms with Crippen LogP contribution in [0.3, 0.4) is 0 Å². The van der Waals surface area contributed by atoms with Gasteiger partial charge in [0.2, 0.25) is 5.91 Å². The first-order chi connectivity index (χ1) is 7.56. The molecule has 0 saturated heterocycles. The Morgan fingerprint density at radius 1 is 1.69 bits per heavy atom. The molecule has 0 aliphatic carbocycles. The molecule has 1 aromatic rings. The molecule has 5 nitrogen and oxygen atoms in total. The average Bonchev–Trinajstić information content (AvgIpc) is 2.27. The van der Waals surface area contributed by atoms with Crippen molar-refractivity contribution in [3.63, 3.8) is 0 Å². The average molecular weight is 239 g/mol. The number of carbonyl (C=O) groups excluding carboxylic acids is 1. The smallest absolute Gasteiger partial charge is 0.241 e. The number of hydrogen-bond donors (Lipinski definition) is 1. The fraction of sp³-hybridized carbons (Fsp3) is 0.300. The van der Waals surface area contributed by atoms with Crippen LogP contribution >= 0.6 is 11.6 Å². The van der Waals surface area contributed by atoms with E-state index in [2.05, 4.69) is 10.3 Å². The third-order valence-electron chi connectivity index (χ3n) is 1.92. The van der Waals surface area contributed by atoms with Crippen LogP contribution in [0, 0.1) is 11.3 Å². The predicted octanol–water partition coefficient (Wildman–Crippen LogP) is 1.11. The molecule has 0 unspecified atom stereocenters. The molecule has 0 aliphatic heterocycles. The quantitative estimate of drug-likeness (QED) is 0.857. The van der Waals surface area contributed by atoms with E-state index in [0.717, 1.165) is 0 Å². The van der Waals surface area contributed by atoms with Crippen LogP contribution in [0.2, 0.25) is 5.02 Å². The zero-order valence-corrected chi connectivity index (χ0v) is 9.75. The first-order valence-electron chi connectivity index (χ1n) is 4.55. The number of pyridine rings is 1. The Balaban J connectivity index is 2.76. The first kappa shape index (κ1) is 12.3. The van der Waals surface area contributed by atoms with Crippen LogP contribution in [0.25, 0.3) is 0 Å². The molecule has 0 saturated carbocycles. The summed E-state index contributed by atoms with van der Waals surface area (Å²) in [4.78, 5) is 16.7. The number of anilines is 1. The molecule has 1 rings (SSSR count). The number of nitrogens with zero attached hydrogens (tertiary/aromatic N) is 3. The molecule has 0 bridgehead atoms. The highest BCUT2D eigenvalue weighted by molar-refractivity contribution is 6.34. The van der Waals surface area contributed by atoms with Gasteiger partial charge in [-0.1, -0.05) is 11.6 Å². The lowest BCUT2D eigenvalue weighted by molar-refractivity contribution is -0.126. The Bertz CT molecular complexity index is 439. The van der Waals surface area contributed by atoms with Crippen LogP contribution in [-0.2, 0) is 4.79 Å². The number of amides is 1. The summed E-state index contributed by atoms with van der Waals surface area (Å²) in [5.41, 5.74) is 0.330. The lowest BCUT2D eigenvalue weighted by atomic mass is 10.3. The number of nitriles is 1. The van der Waals surface area contributed by atoms with E-state index >= 15 is 0 Å². The van der Waals surface area contributed by atoms with Gasteiger partial charge in [0.05, 0.1) is 12.1 Å². The minimum Gasteiger partial charge on any atom is -0.360 e. The summed E-state index contributed by atoms with van der Waals surface area (Å²) in [5.74, 6) is 0.246. The van der Waals surface area contributed by atoms with Crippen LogP contribution in [0.4, 0.5) is 5.82 Å². The molecule has 1 N–H and O–H groups in total. The van der Waals surface area contributed by atoms with Crippen LogP contribution < -0.4 is 5.32 Å². The number of halogens is 1. The van der Waals surface area contributed by atoms with E-state index in [9.17, 15) is 4.79 Å². The van der Waals surface area contributed by atoms with E-state index in [1.54, 1.807) is 14.1 Å². The molecule has 0 atom stereocenters. The van der Waals surface area contributed by atoms with Crippen molar-refractivity contribution in [1.82, 2.24) is 9.88 Å². The van der Waals surface area contributed by atoms with Gasteiger partial charge in [-0.2, -0.15) is 5.26 Å². The SMILES string of the molecule is CN(C)C(=O)CNc1nccc(C#N)c1Cl. The molecule has 0 spiro atoms. The molecule has 84 valence electrons. The number of hydrogen-bond acceptors (Lipinski definition) is 4. The van der Waals surface area contributed by atoms with Gasteiger partial charge >= 0.3 is 0 Å². The Morgan fingerprint density at radius 3 is 2.94 bits per heavy atom. The lowest BCUT2D eigenvalue weighted by Gasteiger charge is -2.12. The lowest BCUT2D eigenvalue weighted by Crippen LogP contribution is -2.28. The Hall–Kier alpha value is -1.80. The highest BCUT2D eigenvalue weighted by Gasteiger charge is 2.09. The van der Waals surface area contributed by atoms with E-state index in [-0.39, 0.29) is 17.5 Å². The molecular weight excluding hydrogens is 228 g/mol. The first-order valence-corrected chi connectivity index (χ1v) is 4.92. The third kappa shape index (κ3) is 2.84. The van der Waals surface area contributed by atoms with Crippen LogP contribution in [-0.4, -0.2) is 36.4 Å². The van der Waals surface area contributed by atoms with Gasteiger partial charge in [-0.05, 0) is 6.07 Å². The van der Waals surface area contributed by atoms with Crippen molar-refractivity contribution in [2.75, 3.05) is 26.0 Å². The number of nitrogens with one attached hydrogen (secondary N) is 1. The Morgan fingerprint density at radius 2 is 2.38 bits per heavy atom. The summed E-state index contributed by atoms with van der Waals surface area (Å²) >= 11 is 5.90. The summed E-state index contributed by atoms with van der Waals surface area (Å²) in [6, 6.07) is 3.45. The Labute approximate surface area is 98.6 Å². The van der Waals surface area contributed by atoms with Crippen molar-refractivity contribution in [2.45, 2.75) is 0 Å². The monoisotopic (exact) mass is 238 g/mol. The van der Waals surface area contributed by atoms with Crippen LogP contribution in [0.15, 0.2) is 12.3 Å². The van der Waals surface area contributed by atoms with Crippen LogP contribution in [0.1, 0.15) is 5.56 Å². The highest BCUT2D eigenvalue weighted by Crippen LogP contribution is 2.22. The molecule has 0 radical (unpaired) electrons. The standard InChI is InChI=1S/C10H11ClN4O/c1-15(2)8(16)6-14-10-9(11)7(5-12)3-4-13-10/h3-4H,6H2,1-2H3,(H,13,14). The number of rotatable bonds is 3. The minimum absolute atomic E-state index is 0.0919. The molecule has 1 heterocycles. The Kier molecular flexibility index (Phi) is 4.09.